The van der Waals surface area contributed by atoms with Gasteiger partial charge in [0.2, 0.25) is 5.91 Å². The van der Waals surface area contributed by atoms with Crippen LogP contribution >= 0.6 is 0 Å². The van der Waals surface area contributed by atoms with E-state index >= 15 is 0 Å². The smallest absolute Gasteiger partial charge is 0.383 e. The number of rotatable bonds is 3. The normalized spacial score (nSPS) is 17.3. The van der Waals surface area contributed by atoms with Gasteiger partial charge in [0.25, 0.3) is 0 Å². The number of aryl methyl sites for hydroxylation is 1. The van der Waals surface area contributed by atoms with E-state index in [9.17, 15) is 18.0 Å². The van der Waals surface area contributed by atoms with Crippen LogP contribution in [0.15, 0.2) is 30.6 Å². The third-order valence-corrected chi connectivity index (χ3v) is 7.13. The van der Waals surface area contributed by atoms with Gasteiger partial charge in [-0.3, -0.25) is 9.78 Å². The van der Waals surface area contributed by atoms with E-state index in [0.717, 1.165) is 43.1 Å². The SMILES string of the molecule is Cc1nc2cnc3ccc(-c4cnc(N)c(C(F)(F)F)c4)nc3c2n1C1CCN(C(=O)C2CC2)CC1. The number of hydrogen-bond acceptors (Lipinski definition) is 6. The predicted octanol–water partition coefficient (Wildman–Crippen LogP) is 4.52. The first-order chi connectivity index (χ1) is 17.2. The number of likely N-dealkylation sites (tertiary alicyclic amines) is 1. The zero-order valence-corrected chi connectivity index (χ0v) is 19.6. The van der Waals surface area contributed by atoms with E-state index in [4.69, 9.17) is 15.7 Å². The van der Waals surface area contributed by atoms with Crippen LogP contribution in [0.4, 0.5) is 19.0 Å². The summed E-state index contributed by atoms with van der Waals surface area (Å²) in [5.41, 5.74) is 7.68. The topological polar surface area (TPSA) is 103 Å². The first-order valence-corrected chi connectivity index (χ1v) is 12.0. The molecule has 0 spiro atoms. The van der Waals surface area contributed by atoms with Gasteiger partial charge in [-0.2, -0.15) is 13.2 Å². The van der Waals surface area contributed by atoms with Gasteiger partial charge in [0, 0.05) is 36.8 Å². The highest BCUT2D eigenvalue weighted by atomic mass is 19.4. The predicted molar refractivity (Wildman–Crippen MR) is 128 cm³/mol. The molecule has 1 aliphatic carbocycles. The molecule has 0 radical (unpaired) electrons. The van der Waals surface area contributed by atoms with E-state index < -0.39 is 17.6 Å². The Morgan fingerprint density at radius 3 is 2.47 bits per heavy atom. The maximum Gasteiger partial charge on any atom is 0.419 e. The lowest BCUT2D eigenvalue weighted by Gasteiger charge is -2.33. The molecule has 36 heavy (non-hydrogen) atoms. The second-order valence-electron chi connectivity index (χ2n) is 9.57. The number of anilines is 1. The highest BCUT2D eigenvalue weighted by Gasteiger charge is 2.36. The summed E-state index contributed by atoms with van der Waals surface area (Å²) in [5, 5.41) is 0. The summed E-state index contributed by atoms with van der Waals surface area (Å²) in [6.45, 7) is 3.31. The van der Waals surface area contributed by atoms with Gasteiger partial charge in [-0.15, -0.1) is 0 Å². The van der Waals surface area contributed by atoms with Crippen molar-refractivity contribution in [2.24, 2.45) is 5.92 Å². The minimum atomic E-state index is -4.62. The molecule has 0 atom stereocenters. The van der Waals surface area contributed by atoms with Crippen LogP contribution in [0, 0.1) is 12.8 Å². The zero-order chi connectivity index (χ0) is 25.2. The first-order valence-electron chi connectivity index (χ1n) is 12.0. The molecule has 4 aromatic heterocycles. The Balaban J connectivity index is 1.42. The van der Waals surface area contributed by atoms with Crippen molar-refractivity contribution in [2.75, 3.05) is 18.8 Å². The number of fused-ring (bicyclic) bond motifs is 3. The summed E-state index contributed by atoms with van der Waals surface area (Å²) < 4.78 is 42.4. The summed E-state index contributed by atoms with van der Waals surface area (Å²) in [6.07, 6.45) is 1.94. The summed E-state index contributed by atoms with van der Waals surface area (Å²) in [7, 11) is 0. The van der Waals surface area contributed by atoms with Gasteiger partial charge < -0.3 is 15.2 Å². The molecular weight excluding hydrogens is 471 g/mol. The van der Waals surface area contributed by atoms with Crippen LogP contribution in [0.5, 0.6) is 0 Å². The molecular formula is C25H24F3N7O. The van der Waals surface area contributed by atoms with E-state index in [-0.39, 0.29) is 23.4 Å². The fourth-order valence-corrected chi connectivity index (χ4v) is 5.14. The monoisotopic (exact) mass is 495 g/mol. The lowest BCUT2D eigenvalue weighted by Crippen LogP contribution is -2.40. The van der Waals surface area contributed by atoms with E-state index in [1.54, 1.807) is 18.3 Å². The van der Waals surface area contributed by atoms with Crippen molar-refractivity contribution in [2.45, 2.75) is 44.8 Å². The molecule has 2 aliphatic rings. The molecule has 1 amide bonds. The summed E-state index contributed by atoms with van der Waals surface area (Å²) in [6, 6.07) is 4.47. The van der Waals surface area contributed by atoms with E-state index in [0.29, 0.717) is 35.3 Å². The molecule has 11 heteroatoms. The number of imidazole rings is 1. The quantitative estimate of drug-likeness (QED) is 0.448. The molecule has 4 aromatic rings. The lowest BCUT2D eigenvalue weighted by atomic mass is 10.0. The fourth-order valence-electron chi connectivity index (χ4n) is 5.14. The summed E-state index contributed by atoms with van der Waals surface area (Å²) in [5.74, 6) is 0.705. The zero-order valence-electron chi connectivity index (χ0n) is 19.6. The van der Waals surface area contributed by atoms with E-state index in [1.807, 2.05) is 11.8 Å². The summed E-state index contributed by atoms with van der Waals surface area (Å²) >= 11 is 0. The maximum atomic E-state index is 13.4. The van der Waals surface area contributed by atoms with Gasteiger partial charge in [-0.25, -0.2) is 15.0 Å². The Hall–Kier alpha value is -3.76. The van der Waals surface area contributed by atoms with Crippen molar-refractivity contribution in [3.05, 3.63) is 42.0 Å². The Labute approximate surface area is 204 Å². The third-order valence-electron chi connectivity index (χ3n) is 7.13. The largest absolute Gasteiger partial charge is 0.419 e. The number of nitrogens with two attached hydrogens (primary N) is 1. The number of amides is 1. The Bertz CT molecular complexity index is 1500. The van der Waals surface area contributed by atoms with Crippen molar-refractivity contribution in [1.29, 1.82) is 0 Å². The van der Waals surface area contributed by atoms with Gasteiger partial charge in [0.15, 0.2) is 0 Å². The highest BCUT2D eigenvalue weighted by molar-refractivity contribution is 6.00. The van der Waals surface area contributed by atoms with Crippen LogP contribution < -0.4 is 5.73 Å². The van der Waals surface area contributed by atoms with Gasteiger partial charge in [0.1, 0.15) is 22.7 Å². The standard InChI is InChI=1S/C25H24F3N7O/c1-13-32-20-12-30-19-5-4-18(15-10-17(25(26,27)28)23(29)31-11-15)33-21(19)22(20)35(13)16-6-8-34(9-7-16)24(36)14-2-3-14/h4-5,10-12,14,16H,2-3,6-9H2,1H3,(H2,29,31). The highest BCUT2D eigenvalue weighted by Crippen LogP contribution is 2.37. The molecule has 1 saturated heterocycles. The van der Waals surface area contributed by atoms with Crippen LogP contribution in [0.1, 0.15) is 43.1 Å². The van der Waals surface area contributed by atoms with Crippen LogP contribution in [0.25, 0.3) is 33.3 Å². The Morgan fingerprint density at radius 2 is 1.78 bits per heavy atom. The molecule has 186 valence electrons. The van der Waals surface area contributed by atoms with Crippen molar-refractivity contribution >= 4 is 33.8 Å². The van der Waals surface area contributed by atoms with Gasteiger partial charge in [-0.05, 0) is 50.8 Å². The lowest BCUT2D eigenvalue weighted by molar-refractivity contribution is -0.137. The van der Waals surface area contributed by atoms with Crippen LogP contribution in [-0.4, -0.2) is 48.4 Å². The second-order valence-corrected chi connectivity index (χ2v) is 9.57. The number of piperidine rings is 1. The molecule has 6 rings (SSSR count). The minimum absolute atomic E-state index is 0.129. The molecule has 8 nitrogen and oxygen atoms in total. The summed E-state index contributed by atoms with van der Waals surface area (Å²) in [4.78, 5) is 32.1. The molecule has 2 fully saturated rings. The van der Waals surface area contributed by atoms with Crippen LogP contribution in [-0.2, 0) is 11.0 Å². The van der Waals surface area contributed by atoms with Crippen LogP contribution in [0.2, 0.25) is 0 Å². The molecule has 2 N–H and O–H groups in total. The Morgan fingerprint density at radius 1 is 1.03 bits per heavy atom. The van der Waals surface area contributed by atoms with Crippen molar-refractivity contribution < 1.29 is 18.0 Å². The first kappa shape index (κ1) is 22.7. The number of nitrogen functional groups attached to an aromatic ring is 1. The second kappa shape index (κ2) is 8.14. The number of carbonyl (C=O) groups excluding carboxylic acids is 1. The van der Waals surface area contributed by atoms with Gasteiger partial charge in [-0.1, -0.05) is 0 Å². The van der Waals surface area contributed by atoms with E-state index in [1.165, 1.54) is 6.20 Å². The number of halogens is 3. The van der Waals surface area contributed by atoms with Crippen molar-refractivity contribution in [3.8, 4) is 11.3 Å². The average molecular weight is 496 g/mol. The number of hydrogen-bond donors (Lipinski definition) is 1. The molecule has 0 bridgehead atoms. The fraction of sp³-hybridized carbons (Fsp3) is 0.400. The number of alkyl halides is 3. The molecule has 1 saturated carbocycles. The van der Waals surface area contributed by atoms with Crippen LogP contribution in [0.3, 0.4) is 0 Å². The third kappa shape index (κ3) is 3.82. The van der Waals surface area contributed by atoms with Gasteiger partial charge >= 0.3 is 6.18 Å². The van der Waals surface area contributed by atoms with Gasteiger partial charge in [0.05, 0.1) is 28.5 Å². The molecule has 1 aliphatic heterocycles. The molecule has 0 unspecified atom stereocenters. The van der Waals surface area contributed by atoms with Crippen molar-refractivity contribution in [1.82, 2.24) is 29.4 Å². The van der Waals surface area contributed by atoms with E-state index in [2.05, 4.69) is 14.5 Å². The number of nitrogens with zero attached hydrogens (tertiary/aromatic N) is 6. The Kier molecular flexibility index (Phi) is 5.13. The number of aromatic nitrogens is 5. The molecule has 5 heterocycles. The molecule has 0 aromatic carbocycles. The minimum Gasteiger partial charge on any atom is -0.383 e. The van der Waals surface area contributed by atoms with Crippen molar-refractivity contribution in [3.63, 3.8) is 0 Å². The number of carbonyl (C=O) groups is 1. The average Bonchev–Trinajstić information content (AvgIpc) is 3.65. The number of pyridine rings is 3. The maximum absolute atomic E-state index is 13.4.